The number of hydrogen-bond donors (Lipinski definition) is 3. The van der Waals surface area contributed by atoms with Gasteiger partial charge < -0.3 is 5.32 Å². The van der Waals surface area contributed by atoms with E-state index in [2.05, 4.69) is 33.9 Å². The molecule has 4 nitrogen and oxygen atoms in total. The minimum atomic E-state index is -0.115. The molecular weight excluding hydrogens is 270 g/mol. The van der Waals surface area contributed by atoms with Crippen LogP contribution in [0.4, 0.5) is 5.69 Å². The van der Waals surface area contributed by atoms with Crippen molar-refractivity contribution in [2.75, 3.05) is 5.32 Å². The summed E-state index contributed by atoms with van der Waals surface area (Å²) in [5.74, 6) is 0. The van der Waals surface area contributed by atoms with E-state index < -0.39 is 0 Å². The molecule has 0 radical (unpaired) electrons. The van der Waals surface area contributed by atoms with Gasteiger partial charge in [-0.3, -0.25) is 15.0 Å². The maximum Gasteiger partial charge on any atom is 0.264 e. The number of benzene rings is 1. The quantitative estimate of drug-likeness (QED) is 0.688. The molecule has 3 rings (SSSR count). The van der Waals surface area contributed by atoms with E-state index in [1.165, 1.54) is 10.4 Å². The third-order valence-corrected chi connectivity index (χ3v) is 4.24. The molecule has 2 heterocycles. The molecule has 5 heteroatoms. The summed E-state index contributed by atoms with van der Waals surface area (Å²) in [7, 11) is 0. The lowest BCUT2D eigenvalue weighted by Crippen LogP contribution is -1.98. The standard InChI is InChI=1S/C15H15N3OS/c1-10-6-7-20-14(10)9-16-12-4-2-11(3-5-12)13-8-15(19)18-17-13/h2-8,16H,9H2,1H3,(H2,17,18,19). The van der Waals surface area contributed by atoms with Crippen LogP contribution >= 0.6 is 11.3 Å². The molecule has 2 aromatic heterocycles. The second kappa shape index (κ2) is 5.38. The molecule has 0 amide bonds. The van der Waals surface area contributed by atoms with Crippen LogP contribution in [-0.4, -0.2) is 10.2 Å². The van der Waals surface area contributed by atoms with Crippen molar-refractivity contribution >= 4 is 17.0 Å². The Morgan fingerprint density at radius 3 is 2.55 bits per heavy atom. The molecule has 0 bridgehead atoms. The Morgan fingerprint density at radius 1 is 1.15 bits per heavy atom. The first kappa shape index (κ1) is 12.7. The van der Waals surface area contributed by atoms with Crippen molar-refractivity contribution < 1.29 is 0 Å². The van der Waals surface area contributed by atoms with Gasteiger partial charge in [-0.1, -0.05) is 12.1 Å². The van der Waals surface area contributed by atoms with Gasteiger partial charge in [0.1, 0.15) is 0 Å². The molecule has 0 saturated carbocycles. The van der Waals surface area contributed by atoms with Crippen LogP contribution in [0.3, 0.4) is 0 Å². The Labute approximate surface area is 120 Å². The van der Waals surface area contributed by atoms with E-state index in [0.29, 0.717) is 0 Å². The van der Waals surface area contributed by atoms with Crippen molar-refractivity contribution in [3.8, 4) is 11.3 Å². The minimum absolute atomic E-state index is 0.115. The predicted molar refractivity (Wildman–Crippen MR) is 83.2 cm³/mol. The first-order valence-electron chi connectivity index (χ1n) is 6.37. The Balaban J connectivity index is 1.70. The summed E-state index contributed by atoms with van der Waals surface area (Å²) in [6.07, 6.45) is 0. The average Bonchev–Trinajstić information content (AvgIpc) is 3.06. The van der Waals surface area contributed by atoms with Gasteiger partial charge in [0.25, 0.3) is 5.56 Å². The Morgan fingerprint density at radius 2 is 1.95 bits per heavy atom. The zero-order chi connectivity index (χ0) is 13.9. The summed E-state index contributed by atoms with van der Waals surface area (Å²) >= 11 is 1.77. The summed E-state index contributed by atoms with van der Waals surface area (Å²) in [6.45, 7) is 2.96. The molecule has 3 aromatic rings. The van der Waals surface area contributed by atoms with E-state index in [-0.39, 0.29) is 5.56 Å². The summed E-state index contributed by atoms with van der Waals surface area (Å²) in [6, 6.07) is 11.7. The second-order valence-electron chi connectivity index (χ2n) is 4.63. The van der Waals surface area contributed by atoms with Crippen LogP contribution < -0.4 is 10.9 Å². The van der Waals surface area contributed by atoms with Gasteiger partial charge in [-0.15, -0.1) is 11.3 Å². The zero-order valence-corrected chi connectivity index (χ0v) is 11.9. The maximum atomic E-state index is 11.1. The highest BCUT2D eigenvalue weighted by atomic mass is 32.1. The van der Waals surface area contributed by atoms with Crippen LogP contribution in [0.25, 0.3) is 11.3 Å². The molecule has 0 fully saturated rings. The number of rotatable bonds is 4. The molecule has 0 aliphatic rings. The van der Waals surface area contributed by atoms with E-state index in [1.54, 1.807) is 17.4 Å². The SMILES string of the molecule is Cc1ccsc1CNc1ccc(-c2cc(=O)[nH][nH]2)cc1. The van der Waals surface area contributed by atoms with Crippen LogP contribution in [0.2, 0.25) is 0 Å². The fraction of sp³-hybridized carbons (Fsp3) is 0.133. The van der Waals surface area contributed by atoms with Crippen molar-refractivity contribution in [1.29, 1.82) is 0 Å². The fourth-order valence-corrected chi connectivity index (χ4v) is 2.87. The van der Waals surface area contributed by atoms with E-state index >= 15 is 0 Å². The van der Waals surface area contributed by atoms with Gasteiger partial charge in [-0.25, -0.2) is 0 Å². The van der Waals surface area contributed by atoms with E-state index in [0.717, 1.165) is 23.5 Å². The maximum absolute atomic E-state index is 11.1. The lowest BCUT2D eigenvalue weighted by atomic mass is 10.1. The van der Waals surface area contributed by atoms with Gasteiger partial charge in [-0.05, 0) is 41.6 Å². The third-order valence-electron chi connectivity index (χ3n) is 3.21. The lowest BCUT2D eigenvalue weighted by Gasteiger charge is -2.06. The topological polar surface area (TPSA) is 60.7 Å². The summed E-state index contributed by atoms with van der Waals surface area (Å²) in [4.78, 5) is 12.4. The number of anilines is 1. The van der Waals surface area contributed by atoms with Crippen LogP contribution in [0.1, 0.15) is 10.4 Å². The van der Waals surface area contributed by atoms with Crippen LogP contribution in [0.5, 0.6) is 0 Å². The number of aromatic amines is 2. The van der Waals surface area contributed by atoms with E-state index in [9.17, 15) is 4.79 Å². The number of aromatic nitrogens is 2. The summed E-state index contributed by atoms with van der Waals surface area (Å²) < 4.78 is 0. The van der Waals surface area contributed by atoms with Crippen LogP contribution in [0, 0.1) is 6.92 Å². The number of aryl methyl sites for hydroxylation is 1. The second-order valence-corrected chi connectivity index (χ2v) is 5.63. The van der Waals surface area contributed by atoms with Crippen molar-refractivity contribution in [3.05, 3.63) is 62.6 Å². The van der Waals surface area contributed by atoms with E-state index in [4.69, 9.17) is 0 Å². The molecule has 0 aliphatic carbocycles. The monoisotopic (exact) mass is 285 g/mol. The van der Waals surface area contributed by atoms with Gasteiger partial charge in [0, 0.05) is 23.2 Å². The molecule has 0 atom stereocenters. The molecule has 1 aromatic carbocycles. The van der Waals surface area contributed by atoms with Gasteiger partial charge in [-0.2, -0.15) is 0 Å². The van der Waals surface area contributed by atoms with Crippen molar-refractivity contribution in [2.24, 2.45) is 0 Å². The predicted octanol–water partition coefficient (Wildman–Crippen LogP) is 3.35. The summed E-state index contributed by atoms with van der Waals surface area (Å²) in [5, 5.41) is 10.9. The van der Waals surface area contributed by atoms with Crippen molar-refractivity contribution in [2.45, 2.75) is 13.5 Å². The summed E-state index contributed by atoms with van der Waals surface area (Å²) in [5.41, 5.74) is 4.07. The molecule has 0 unspecified atom stereocenters. The number of H-pyrrole nitrogens is 2. The lowest BCUT2D eigenvalue weighted by molar-refractivity contribution is 1.06. The largest absolute Gasteiger partial charge is 0.380 e. The molecular formula is C15H15N3OS. The van der Waals surface area contributed by atoms with E-state index in [1.807, 2.05) is 24.3 Å². The van der Waals surface area contributed by atoms with Gasteiger partial charge in [0.05, 0.1) is 5.69 Å². The number of thiophene rings is 1. The fourth-order valence-electron chi connectivity index (χ4n) is 2.02. The normalized spacial score (nSPS) is 10.7. The number of hydrogen-bond acceptors (Lipinski definition) is 3. The molecule has 20 heavy (non-hydrogen) atoms. The zero-order valence-electron chi connectivity index (χ0n) is 11.1. The molecule has 0 aliphatic heterocycles. The van der Waals surface area contributed by atoms with Crippen molar-refractivity contribution in [3.63, 3.8) is 0 Å². The van der Waals surface area contributed by atoms with Gasteiger partial charge in [0.15, 0.2) is 0 Å². The Kier molecular flexibility index (Phi) is 3.43. The van der Waals surface area contributed by atoms with Crippen LogP contribution in [0.15, 0.2) is 46.6 Å². The third kappa shape index (κ3) is 2.67. The Hall–Kier alpha value is -2.27. The minimum Gasteiger partial charge on any atom is -0.380 e. The molecule has 0 saturated heterocycles. The molecule has 3 N–H and O–H groups in total. The van der Waals surface area contributed by atoms with Gasteiger partial charge >= 0.3 is 0 Å². The molecule has 0 spiro atoms. The highest BCUT2D eigenvalue weighted by Gasteiger charge is 2.02. The van der Waals surface area contributed by atoms with Gasteiger partial charge in [0.2, 0.25) is 0 Å². The number of nitrogens with one attached hydrogen (secondary N) is 3. The Bertz CT molecular complexity index is 752. The van der Waals surface area contributed by atoms with Crippen molar-refractivity contribution in [1.82, 2.24) is 10.2 Å². The van der Waals surface area contributed by atoms with Crippen LogP contribution in [-0.2, 0) is 6.54 Å². The average molecular weight is 285 g/mol. The first-order valence-corrected chi connectivity index (χ1v) is 7.25. The highest BCUT2D eigenvalue weighted by molar-refractivity contribution is 7.10. The smallest absolute Gasteiger partial charge is 0.264 e. The highest BCUT2D eigenvalue weighted by Crippen LogP contribution is 2.20. The first-order chi connectivity index (χ1) is 9.72. The molecule has 102 valence electrons.